The monoisotopic (exact) mass is 276 g/mol. The molecule has 3 N–H and O–H groups in total. The molecule has 0 heterocycles. The van der Waals surface area contributed by atoms with Gasteiger partial charge in [-0.05, 0) is 18.6 Å². The van der Waals surface area contributed by atoms with E-state index in [4.69, 9.17) is 28.9 Å². The largest absolute Gasteiger partial charge is 0.448 e. The van der Waals surface area contributed by atoms with Crippen LogP contribution in [0.1, 0.15) is 18.5 Å². The van der Waals surface area contributed by atoms with Gasteiger partial charge < -0.3 is 15.8 Å². The maximum absolute atomic E-state index is 10.3. The van der Waals surface area contributed by atoms with E-state index in [-0.39, 0.29) is 12.6 Å². The van der Waals surface area contributed by atoms with E-state index >= 15 is 0 Å². The fourth-order valence-corrected chi connectivity index (χ4v) is 1.86. The third-order valence-corrected chi connectivity index (χ3v) is 3.08. The zero-order chi connectivity index (χ0) is 12.8. The minimum Gasteiger partial charge on any atom is -0.448 e. The minimum absolute atomic E-state index is 0.0117. The quantitative estimate of drug-likeness (QED) is 0.813. The van der Waals surface area contributed by atoms with Crippen LogP contribution in [0.5, 0.6) is 0 Å². The second-order valence-corrected chi connectivity index (χ2v) is 4.27. The molecule has 0 aliphatic rings. The molecule has 17 heavy (non-hydrogen) atoms. The number of primary amides is 1. The highest BCUT2D eigenvalue weighted by Crippen LogP contribution is 2.29. The first-order valence-corrected chi connectivity index (χ1v) is 5.87. The van der Waals surface area contributed by atoms with Crippen molar-refractivity contribution in [2.75, 3.05) is 13.2 Å². The number of carbonyl (C=O) groups is 1. The normalized spacial score (nSPS) is 12.2. The lowest BCUT2D eigenvalue weighted by molar-refractivity contribution is 0.156. The van der Waals surface area contributed by atoms with E-state index < -0.39 is 6.09 Å². The maximum atomic E-state index is 10.3. The molecule has 1 rings (SSSR count). The van der Waals surface area contributed by atoms with Crippen molar-refractivity contribution in [2.45, 2.75) is 13.0 Å². The molecule has 1 amide bonds. The van der Waals surface area contributed by atoms with E-state index in [2.05, 4.69) is 10.1 Å². The van der Waals surface area contributed by atoms with Gasteiger partial charge in [0.2, 0.25) is 0 Å². The second kappa shape index (κ2) is 6.69. The first-order chi connectivity index (χ1) is 8.02. The molecule has 0 spiro atoms. The molecule has 0 saturated carbocycles. The Hall–Kier alpha value is -0.970. The van der Waals surface area contributed by atoms with Gasteiger partial charge in [-0.15, -0.1) is 0 Å². The van der Waals surface area contributed by atoms with Gasteiger partial charge in [0, 0.05) is 12.6 Å². The van der Waals surface area contributed by atoms with Crippen LogP contribution in [0.15, 0.2) is 18.2 Å². The number of halogens is 2. The summed E-state index contributed by atoms with van der Waals surface area (Å²) < 4.78 is 4.60. The van der Waals surface area contributed by atoms with Gasteiger partial charge >= 0.3 is 6.09 Å². The van der Waals surface area contributed by atoms with E-state index in [0.717, 1.165) is 5.56 Å². The second-order valence-electron chi connectivity index (χ2n) is 3.49. The summed E-state index contributed by atoms with van der Waals surface area (Å²) in [6.45, 7) is 2.66. The lowest BCUT2D eigenvalue weighted by Gasteiger charge is -2.16. The molecule has 1 aromatic rings. The highest BCUT2D eigenvalue weighted by atomic mass is 35.5. The van der Waals surface area contributed by atoms with Crippen LogP contribution in [0, 0.1) is 0 Å². The van der Waals surface area contributed by atoms with Crippen LogP contribution in [-0.4, -0.2) is 19.2 Å². The number of nitrogens with one attached hydrogen (secondary N) is 1. The Morgan fingerprint density at radius 2 is 2.24 bits per heavy atom. The molecule has 0 aromatic heterocycles. The zero-order valence-corrected chi connectivity index (χ0v) is 10.9. The first-order valence-electron chi connectivity index (χ1n) is 5.12. The van der Waals surface area contributed by atoms with Gasteiger partial charge in [0.1, 0.15) is 6.61 Å². The molecule has 0 aliphatic carbocycles. The van der Waals surface area contributed by atoms with Gasteiger partial charge in [-0.1, -0.05) is 35.3 Å². The van der Waals surface area contributed by atoms with Crippen molar-refractivity contribution in [1.82, 2.24) is 5.32 Å². The molecule has 1 aromatic carbocycles. The molecule has 0 bridgehead atoms. The summed E-state index contributed by atoms with van der Waals surface area (Å²) in [4.78, 5) is 10.3. The number of amides is 1. The summed E-state index contributed by atoms with van der Waals surface area (Å²) >= 11 is 12.0. The molecule has 6 heteroatoms. The molecule has 0 saturated heterocycles. The van der Waals surface area contributed by atoms with E-state index in [1.165, 1.54) is 0 Å². The van der Waals surface area contributed by atoms with Crippen molar-refractivity contribution in [1.29, 1.82) is 0 Å². The van der Waals surface area contributed by atoms with E-state index in [1.54, 1.807) is 6.07 Å². The van der Waals surface area contributed by atoms with Crippen LogP contribution in [0.2, 0.25) is 10.0 Å². The number of hydrogen-bond donors (Lipinski definition) is 2. The van der Waals surface area contributed by atoms with Crippen LogP contribution in [0.25, 0.3) is 0 Å². The molecular weight excluding hydrogens is 263 g/mol. The molecule has 94 valence electrons. The molecule has 0 fully saturated rings. The van der Waals surface area contributed by atoms with Crippen LogP contribution in [0.4, 0.5) is 4.79 Å². The summed E-state index contributed by atoms with van der Waals surface area (Å²) in [5.74, 6) is 0. The zero-order valence-electron chi connectivity index (χ0n) is 9.37. The molecule has 1 unspecified atom stereocenters. The maximum Gasteiger partial charge on any atom is 0.404 e. The molecule has 0 aliphatic heterocycles. The number of carbonyl (C=O) groups excluding carboxylic acids is 1. The van der Waals surface area contributed by atoms with Gasteiger partial charge in [0.15, 0.2) is 0 Å². The Balaban J connectivity index is 2.49. The van der Waals surface area contributed by atoms with Crippen molar-refractivity contribution in [3.8, 4) is 0 Å². The number of rotatable bonds is 5. The average molecular weight is 277 g/mol. The third-order valence-electron chi connectivity index (χ3n) is 2.24. The van der Waals surface area contributed by atoms with Crippen molar-refractivity contribution >= 4 is 29.3 Å². The standard InChI is InChI=1S/C11H14Cl2N2O2/c1-7(15-5-6-17-11(14)16)8-3-2-4-9(12)10(8)13/h2-4,7,15H,5-6H2,1H3,(H2,14,16). The van der Waals surface area contributed by atoms with Crippen molar-refractivity contribution in [3.05, 3.63) is 33.8 Å². The lowest BCUT2D eigenvalue weighted by Crippen LogP contribution is -2.26. The fraction of sp³-hybridized carbons (Fsp3) is 0.364. The predicted molar refractivity (Wildman–Crippen MR) is 68.4 cm³/mol. The van der Waals surface area contributed by atoms with Gasteiger partial charge in [0.05, 0.1) is 10.0 Å². The van der Waals surface area contributed by atoms with E-state index in [9.17, 15) is 4.79 Å². The highest BCUT2D eigenvalue weighted by Gasteiger charge is 2.11. The van der Waals surface area contributed by atoms with Crippen LogP contribution < -0.4 is 11.1 Å². The molecular formula is C11H14Cl2N2O2. The number of nitrogens with two attached hydrogens (primary N) is 1. The van der Waals surface area contributed by atoms with Crippen molar-refractivity contribution < 1.29 is 9.53 Å². The Bertz CT molecular complexity index is 399. The SMILES string of the molecule is CC(NCCOC(N)=O)c1cccc(Cl)c1Cl. The van der Waals surface area contributed by atoms with Crippen LogP contribution in [0.3, 0.4) is 0 Å². The van der Waals surface area contributed by atoms with E-state index in [1.807, 2.05) is 19.1 Å². The topological polar surface area (TPSA) is 64.3 Å². The summed E-state index contributed by atoms with van der Waals surface area (Å²) in [6, 6.07) is 5.47. The van der Waals surface area contributed by atoms with Gasteiger partial charge in [0.25, 0.3) is 0 Å². The first kappa shape index (κ1) is 14.1. The van der Waals surface area contributed by atoms with Gasteiger partial charge in [-0.3, -0.25) is 0 Å². The minimum atomic E-state index is -0.778. The molecule has 0 radical (unpaired) electrons. The predicted octanol–water partition coefficient (Wildman–Crippen LogP) is 2.74. The van der Waals surface area contributed by atoms with Gasteiger partial charge in [-0.2, -0.15) is 0 Å². The smallest absolute Gasteiger partial charge is 0.404 e. The summed E-state index contributed by atoms with van der Waals surface area (Å²) in [6.07, 6.45) is -0.778. The number of hydrogen-bond acceptors (Lipinski definition) is 3. The number of benzene rings is 1. The molecule has 4 nitrogen and oxygen atoms in total. The average Bonchev–Trinajstić information content (AvgIpc) is 2.27. The van der Waals surface area contributed by atoms with Crippen molar-refractivity contribution in [2.24, 2.45) is 5.73 Å². The van der Waals surface area contributed by atoms with Crippen LogP contribution >= 0.6 is 23.2 Å². The Labute approximate surface area is 110 Å². The summed E-state index contributed by atoms with van der Waals surface area (Å²) in [5, 5.41) is 4.20. The van der Waals surface area contributed by atoms with Crippen LogP contribution in [-0.2, 0) is 4.74 Å². The summed E-state index contributed by atoms with van der Waals surface area (Å²) in [5.41, 5.74) is 5.74. The number of ether oxygens (including phenoxy) is 1. The Kier molecular flexibility index (Phi) is 5.55. The third kappa shape index (κ3) is 4.42. The van der Waals surface area contributed by atoms with E-state index in [0.29, 0.717) is 16.6 Å². The van der Waals surface area contributed by atoms with Gasteiger partial charge in [-0.25, -0.2) is 4.79 Å². The highest BCUT2D eigenvalue weighted by molar-refractivity contribution is 6.42. The Morgan fingerprint density at radius 3 is 2.88 bits per heavy atom. The lowest BCUT2D eigenvalue weighted by atomic mass is 10.1. The van der Waals surface area contributed by atoms with Crippen molar-refractivity contribution in [3.63, 3.8) is 0 Å². The summed E-state index contributed by atoms with van der Waals surface area (Å²) in [7, 11) is 0. The molecule has 1 atom stereocenters. The fourth-order valence-electron chi connectivity index (χ4n) is 1.39. The Morgan fingerprint density at radius 1 is 1.53 bits per heavy atom.